The number of rotatable bonds is 7. The van der Waals surface area contributed by atoms with Gasteiger partial charge in [0.1, 0.15) is 11.5 Å². The van der Waals surface area contributed by atoms with Gasteiger partial charge >= 0.3 is 0 Å². The van der Waals surface area contributed by atoms with Crippen LogP contribution in [0.4, 0.5) is 0 Å². The van der Waals surface area contributed by atoms with Crippen LogP contribution in [0, 0.1) is 6.92 Å². The number of benzene rings is 2. The molecule has 0 amide bonds. The molecule has 1 heterocycles. The van der Waals surface area contributed by atoms with Crippen LogP contribution >= 0.6 is 24.0 Å². The summed E-state index contributed by atoms with van der Waals surface area (Å²) in [5.74, 6) is 2.05. The summed E-state index contributed by atoms with van der Waals surface area (Å²) in [5, 5.41) is 3.13. The Morgan fingerprint density at radius 3 is 2.46 bits per heavy atom. The maximum Gasteiger partial charge on any atom is 0.188 e. The Hall–Kier alpha value is -2.61. The molecule has 0 aliphatic heterocycles. The summed E-state index contributed by atoms with van der Waals surface area (Å²) in [4.78, 5) is 8.72. The Balaban J connectivity index is 0.00000280. The number of halogens is 1. The number of para-hydroxylation sites is 2. The van der Waals surface area contributed by atoms with Crippen molar-refractivity contribution in [1.82, 2.24) is 10.3 Å². The molecule has 3 aromatic rings. The van der Waals surface area contributed by atoms with Crippen molar-refractivity contribution < 1.29 is 4.74 Å². The smallest absolute Gasteiger partial charge is 0.188 e. The van der Waals surface area contributed by atoms with Crippen LogP contribution in [-0.2, 0) is 13.0 Å². The first-order valence-corrected chi connectivity index (χ1v) is 8.97. The van der Waals surface area contributed by atoms with Crippen LogP contribution in [0.15, 0.2) is 77.9 Å². The zero-order valence-corrected chi connectivity index (χ0v) is 18.2. The first-order chi connectivity index (χ1) is 13.2. The third-order valence-corrected chi connectivity index (χ3v) is 4.12. The van der Waals surface area contributed by atoms with Crippen molar-refractivity contribution in [2.45, 2.75) is 19.9 Å². The minimum atomic E-state index is 0. The minimum absolute atomic E-state index is 0. The molecule has 1 aromatic heterocycles. The van der Waals surface area contributed by atoms with Gasteiger partial charge in [-0.1, -0.05) is 42.5 Å². The van der Waals surface area contributed by atoms with Crippen LogP contribution in [0.2, 0.25) is 0 Å². The van der Waals surface area contributed by atoms with E-state index in [1.165, 1.54) is 0 Å². The molecular weight excluding hydrogens is 463 g/mol. The Morgan fingerprint density at radius 2 is 1.71 bits per heavy atom. The summed E-state index contributed by atoms with van der Waals surface area (Å²) in [6.45, 7) is 3.16. The molecule has 146 valence electrons. The van der Waals surface area contributed by atoms with Crippen molar-refractivity contribution in [2.75, 3.05) is 6.54 Å². The number of aryl methyl sites for hydroxylation is 1. The fourth-order valence-corrected chi connectivity index (χ4v) is 2.61. The number of hydrogen-bond donors (Lipinski definition) is 2. The van der Waals surface area contributed by atoms with Gasteiger partial charge in [-0.15, -0.1) is 24.0 Å². The van der Waals surface area contributed by atoms with E-state index in [0.29, 0.717) is 19.0 Å². The zero-order valence-electron chi connectivity index (χ0n) is 15.8. The molecule has 2 aromatic carbocycles. The molecule has 0 spiro atoms. The van der Waals surface area contributed by atoms with E-state index in [0.717, 1.165) is 34.7 Å². The third-order valence-electron chi connectivity index (χ3n) is 4.12. The molecular formula is C22H25IN4O. The summed E-state index contributed by atoms with van der Waals surface area (Å²) in [6.07, 6.45) is 2.59. The van der Waals surface area contributed by atoms with Crippen LogP contribution in [0.1, 0.15) is 16.8 Å². The van der Waals surface area contributed by atoms with Gasteiger partial charge in [-0.05, 0) is 36.8 Å². The first kappa shape index (κ1) is 21.7. The predicted octanol–water partition coefficient (Wildman–Crippen LogP) is 4.45. The Bertz CT molecular complexity index is 900. The topological polar surface area (TPSA) is 72.5 Å². The van der Waals surface area contributed by atoms with E-state index in [2.05, 4.69) is 15.3 Å². The average Bonchev–Trinajstić information content (AvgIpc) is 2.70. The second-order valence-electron chi connectivity index (χ2n) is 6.17. The van der Waals surface area contributed by atoms with Crippen LogP contribution in [0.3, 0.4) is 0 Å². The fourth-order valence-electron chi connectivity index (χ4n) is 2.61. The lowest BCUT2D eigenvalue weighted by Crippen LogP contribution is -2.33. The number of guanidine groups is 1. The summed E-state index contributed by atoms with van der Waals surface area (Å²) in [5.41, 5.74) is 9.08. The van der Waals surface area contributed by atoms with E-state index >= 15 is 0 Å². The summed E-state index contributed by atoms with van der Waals surface area (Å²) >= 11 is 0. The van der Waals surface area contributed by atoms with Crippen molar-refractivity contribution in [1.29, 1.82) is 0 Å². The highest BCUT2D eigenvalue weighted by Crippen LogP contribution is 2.28. The maximum absolute atomic E-state index is 6.07. The van der Waals surface area contributed by atoms with E-state index in [-0.39, 0.29) is 24.0 Å². The van der Waals surface area contributed by atoms with Gasteiger partial charge in [0, 0.05) is 30.4 Å². The summed E-state index contributed by atoms with van der Waals surface area (Å²) < 4.78 is 6.07. The molecule has 0 unspecified atom stereocenters. The highest BCUT2D eigenvalue weighted by atomic mass is 127. The number of hydrogen-bond acceptors (Lipinski definition) is 3. The van der Waals surface area contributed by atoms with Crippen molar-refractivity contribution in [2.24, 2.45) is 10.7 Å². The molecule has 0 saturated heterocycles. The van der Waals surface area contributed by atoms with Crippen molar-refractivity contribution in [3.05, 3.63) is 89.7 Å². The average molecular weight is 488 g/mol. The van der Waals surface area contributed by atoms with Gasteiger partial charge in [-0.25, -0.2) is 4.99 Å². The summed E-state index contributed by atoms with van der Waals surface area (Å²) in [6, 6.07) is 21.7. The number of ether oxygens (including phenoxy) is 1. The molecule has 5 nitrogen and oxygen atoms in total. The lowest BCUT2D eigenvalue weighted by molar-refractivity contribution is 0.473. The van der Waals surface area contributed by atoms with Gasteiger partial charge in [0.05, 0.1) is 6.54 Å². The molecule has 6 heteroatoms. The molecule has 0 radical (unpaired) electrons. The zero-order chi connectivity index (χ0) is 18.9. The number of pyridine rings is 1. The number of aromatic nitrogens is 1. The molecule has 0 aliphatic carbocycles. The largest absolute Gasteiger partial charge is 0.457 e. The van der Waals surface area contributed by atoms with E-state index in [1.807, 2.05) is 73.7 Å². The summed E-state index contributed by atoms with van der Waals surface area (Å²) in [7, 11) is 0. The molecule has 3 rings (SSSR count). The second-order valence-corrected chi connectivity index (χ2v) is 6.17. The van der Waals surface area contributed by atoms with E-state index < -0.39 is 0 Å². The number of nitrogens with zero attached hydrogens (tertiary/aromatic N) is 2. The van der Waals surface area contributed by atoms with Gasteiger partial charge in [-0.2, -0.15) is 0 Å². The normalized spacial score (nSPS) is 10.8. The highest BCUT2D eigenvalue weighted by Gasteiger charge is 2.06. The number of nitrogens with one attached hydrogen (secondary N) is 1. The van der Waals surface area contributed by atoms with E-state index in [1.54, 1.807) is 6.20 Å². The minimum Gasteiger partial charge on any atom is -0.457 e. The number of nitrogens with two attached hydrogens (primary N) is 1. The van der Waals surface area contributed by atoms with Gasteiger partial charge in [0.25, 0.3) is 0 Å². The molecule has 0 atom stereocenters. The van der Waals surface area contributed by atoms with Gasteiger partial charge in [-0.3, -0.25) is 4.98 Å². The monoisotopic (exact) mass is 488 g/mol. The lowest BCUT2D eigenvalue weighted by Gasteiger charge is -2.12. The van der Waals surface area contributed by atoms with E-state index in [9.17, 15) is 0 Å². The quantitative estimate of drug-likeness (QED) is 0.293. The first-order valence-electron chi connectivity index (χ1n) is 8.97. The third kappa shape index (κ3) is 6.53. The molecule has 0 aliphatic rings. The fraction of sp³-hybridized carbons (Fsp3) is 0.182. The standard InChI is InChI=1S/C22H24N4O.HI/c1-17-8-2-4-11-20(17)27-21-12-5-3-9-18(21)16-26-22(23)25-15-13-19-10-6-7-14-24-19;/h2-12,14H,13,15-16H2,1H3,(H3,23,25,26);1H. The Kier molecular flexibility index (Phi) is 8.74. The van der Waals surface area contributed by atoms with Crippen LogP contribution in [-0.4, -0.2) is 17.5 Å². The molecule has 3 N–H and O–H groups in total. The van der Waals surface area contributed by atoms with Crippen LogP contribution < -0.4 is 15.8 Å². The molecule has 0 bridgehead atoms. The van der Waals surface area contributed by atoms with Crippen molar-refractivity contribution in [3.8, 4) is 11.5 Å². The second kappa shape index (κ2) is 11.3. The SMILES string of the molecule is Cc1ccccc1Oc1ccccc1CN=C(N)NCCc1ccccn1.I. The predicted molar refractivity (Wildman–Crippen MR) is 124 cm³/mol. The van der Waals surface area contributed by atoms with Crippen molar-refractivity contribution >= 4 is 29.9 Å². The van der Waals surface area contributed by atoms with E-state index in [4.69, 9.17) is 10.5 Å². The number of aliphatic imine (C=N–C) groups is 1. The van der Waals surface area contributed by atoms with Gasteiger partial charge < -0.3 is 15.8 Å². The maximum atomic E-state index is 6.07. The van der Waals surface area contributed by atoms with Crippen molar-refractivity contribution in [3.63, 3.8) is 0 Å². The Labute approximate surface area is 183 Å². The highest BCUT2D eigenvalue weighted by molar-refractivity contribution is 14.0. The van der Waals surface area contributed by atoms with Gasteiger partial charge in [0.15, 0.2) is 5.96 Å². The van der Waals surface area contributed by atoms with Crippen LogP contribution in [0.5, 0.6) is 11.5 Å². The lowest BCUT2D eigenvalue weighted by atomic mass is 10.2. The van der Waals surface area contributed by atoms with Gasteiger partial charge in [0.2, 0.25) is 0 Å². The van der Waals surface area contributed by atoms with Crippen LogP contribution in [0.25, 0.3) is 0 Å². The molecule has 0 saturated carbocycles. The molecule has 28 heavy (non-hydrogen) atoms. The molecule has 0 fully saturated rings. The Morgan fingerprint density at radius 1 is 1.00 bits per heavy atom.